The molecule has 0 aliphatic carbocycles. The summed E-state index contributed by atoms with van der Waals surface area (Å²) in [6.07, 6.45) is 3.73. The van der Waals surface area contributed by atoms with Gasteiger partial charge in [0.05, 0.1) is 23.3 Å². The molecule has 0 spiro atoms. The number of pyridine rings is 1. The summed E-state index contributed by atoms with van der Waals surface area (Å²) in [4.78, 5) is 9.02. The van der Waals surface area contributed by atoms with Gasteiger partial charge in [-0.05, 0) is 43.2 Å². The van der Waals surface area contributed by atoms with E-state index in [9.17, 15) is 8.42 Å². The van der Waals surface area contributed by atoms with Crippen LogP contribution in [-0.4, -0.2) is 30.7 Å². The smallest absolute Gasteiger partial charge is 0.232 e. The van der Waals surface area contributed by atoms with Crippen molar-refractivity contribution in [3.05, 3.63) is 53.5 Å². The van der Waals surface area contributed by atoms with Gasteiger partial charge in [-0.3, -0.25) is 9.29 Å². The highest BCUT2D eigenvalue weighted by atomic mass is 32.2. The summed E-state index contributed by atoms with van der Waals surface area (Å²) < 4.78 is 25.6. The van der Waals surface area contributed by atoms with Gasteiger partial charge in [-0.15, -0.1) is 11.3 Å². The second kappa shape index (κ2) is 5.93. The van der Waals surface area contributed by atoms with Crippen LogP contribution in [0.3, 0.4) is 0 Å². The average Bonchev–Trinajstić information content (AvgIpc) is 3.18. The van der Waals surface area contributed by atoms with E-state index < -0.39 is 10.0 Å². The highest BCUT2D eigenvalue weighted by Crippen LogP contribution is 2.37. The molecule has 3 heterocycles. The molecule has 128 valence electrons. The Morgan fingerprint density at radius 2 is 2.04 bits per heavy atom. The fourth-order valence-corrected chi connectivity index (χ4v) is 5.35. The van der Waals surface area contributed by atoms with Crippen molar-refractivity contribution in [3.63, 3.8) is 0 Å². The summed E-state index contributed by atoms with van der Waals surface area (Å²) in [6.45, 7) is 1.93. The molecule has 7 heteroatoms. The first-order valence-electron chi connectivity index (χ1n) is 7.93. The molecule has 1 aromatic carbocycles. The molecule has 5 nitrogen and oxygen atoms in total. The fourth-order valence-electron chi connectivity index (χ4n) is 3.28. The van der Waals surface area contributed by atoms with E-state index in [0.717, 1.165) is 33.2 Å². The van der Waals surface area contributed by atoms with Gasteiger partial charge in [-0.2, -0.15) is 0 Å². The minimum atomic E-state index is -3.26. The Bertz CT molecular complexity index is 1030. The van der Waals surface area contributed by atoms with Crippen molar-refractivity contribution in [1.82, 2.24) is 9.97 Å². The van der Waals surface area contributed by atoms with Gasteiger partial charge in [0.25, 0.3) is 0 Å². The molecule has 1 atom stereocenters. The predicted octanol–water partition coefficient (Wildman–Crippen LogP) is 3.58. The summed E-state index contributed by atoms with van der Waals surface area (Å²) in [5, 5.41) is 2.89. The maximum absolute atomic E-state index is 12.0. The highest BCUT2D eigenvalue weighted by molar-refractivity contribution is 7.92. The van der Waals surface area contributed by atoms with Crippen LogP contribution in [0.4, 0.5) is 5.69 Å². The van der Waals surface area contributed by atoms with Crippen molar-refractivity contribution >= 4 is 27.0 Å². The van der Waals surface area contributed by atoms with Crippen molar-refractivity contribution < 1.29 is 8.42 Å². The van der Waals surface area contributed by atoms with Crippen LogP contribution in [0.2, 0.25) is 0 Å². The quantitative estimate of drug-likeness (QED) is 0.706. The first kappa shape index (κ1) is 16.2. The molecule has 25 heavy (non-hydrogen) atoms. The van der Waals surface area contributed by atoms with Crippen molar-refractivity contribution in [2.75, 3.05) is 10.6 Å². The zero-order valence-electron chi connectivity index (χ0n) is 13.9. The van der Waals surface area contributed by atoms with Crippen molar-refractivity contribution in [2.45, 2.75) is 19.4 Å². The van der Waals surface area contributed by atoms with Gasteiger partial charge in [-0.25, -0.2) is 13.4 Å². The van der Waals surface area contributed by atoms with Crippen molar-refractivity contribution in [2.24, 2.45) is 0 Å². The minimum absolute atomic E-state index is 0.0558. The third kappa shape index (κ3) is 2.94. The lowest BCUT2D eigenvalue weighted by Crippen LogP contribution is -2.34. The maximum atomic E-state index is 12.0. The van der Waals surface area contributed by atoms with Gasteiger partial charge in [0.1, 0.15) is 5.01 Å². The van der Waals surface area contributed by atoms with Gasteiger partial charge >= 0.3 is 0 Å². The van der Waals surface area contributed by atoms with E-state index in [1.165, 1.54) is 10.6 Å². The summed E-state index contributed by atoms with van der Waals surface area (Å²) in [5.41, 5.74) is 4.57. The summed E-state index contributed by atoms with van der Waals surface area (Å²) in [6, 6.07) is 11.6. The molecule has 0 radical (unpaired) electrons. The maximum Gasteiger partial charge on any atom is 0.232 e. The standard InChI is InChI=1S/C18H17N3O2S2/c1-12-9-14-10-13(6-7-17(14)21(12)25(2,22)23)16-11-24-18(20-16)15-5-3-4-8-19-15/h3-8,10-12H,9H2,1-2H3/t12-/m0/s1. The van der Waals surface area contributed by atoms with E-state index >= 15 is 0 Å². The van der Waals surface area contributed by atoms with Gasteiger partial charge in [0, 0.05) is 23.2 Å². The van der Waals surface area contributed by atoms with E-state index in [0.29, 0.717) is 6.42 Å². The molecule has 0 N–H and O–H groups in total. The molecule has 2 aromatic heterocycles. The second-order valence-electron chi connectivity index (χ2n) is 6.21. The normalized spacial score (nSPS) is 16.9. The van der Waals surface area contributed by atoms with E-state index in [-0.39, 0.29) is 6.04 Å². The molecule has 3 aromatic rings. The average molecular weight is 371 g/mol. The predicted molar refractivity (Wildman–Crippen MR) is 101 cm³/mol. The van der Waals surface area contributed by atoms with Gasteiger partial charge in [0.15, 0.2) is 0 Å². The summed E-state index contributed by atoms with van der Waals surface area (Å²) in [7, 11) is -3.26. The van der Waals surface area contributed by atoms with Crippen molar-refractivity contribution in [3.8, 4) is 22.0 Å². The SMILES string of the molecule is C[C@H]1Cc2cc(-c3csc(-c4ccccn4)n3)ccc2N1S(C)(=O)=O. The number of thiazole rings is 1. The number of anilines is 1. The van der Waals surface area contributed by atoms with E-state index in [1.54, 1.807) is 17.5 Å². The topological polar surface area (TPSA) is 63.2 Å². The number of nitrogens with zero attached hydrogens (tertiary/aromatic N) is 3. The van der Waals surface area contributed by atoms with E-state index in [2.05, 4.69) is 9.97 Å². The zero-order chi connectivity index (χ0) is 17.6. The summed E-state index contributed by atoms with van der Waals surface area (Å²) in [5.74, 6) is 0. The van der Waals surface area contributed by atoms with Crippen LogP contribution in [0.15, 0.2) is 48.0 Å². The van der Waals surface area contributed by atoms with Gasteiger partial charge < -0.3 is 0 Å². The first-order chi connectivity index (χ1) is 11.9. The number of rotatable bonds is 3. The minimum Gasteiger partial charge on any atom is -0.267 e. The van der Waals surface area contributed by atoms with Crippen LogP contribution < -0.4 is 4.31 Å². The number of hydrogen-bond donors (Lipinski definition) is 0. The summed E-state index contributed by atoms with van der Waals surface area (Å²) >= 11 is 1.56. The van der Waals surface area contributed by atoms with Crippen LogP contribution in [0.1, 0.15) is 12.5 Å². The molecule has 4 rings (SSSR count). The lowest BCUT2D eigenvalue weighted by molar-refractivity contribution is 0.590. The Kier molecular flexibility index (Phi) is 3.85. The first-order valence-corrected chi connectivity index (χ1v) is 10.7. The van der Waals surface area contributed by atoms with Crippen LogP contribution in [0.5, 0.6) is 0 Å². The fraction of sp³-hybridized carbons (Fsp3) is 0.222. The molecule has 0 saturated heterocycles. The number of fused-ring (bicyclic) bond motifs is 1. The Morgan fingerprint density at radius 1 is 1.20 bits per heavy atom. The van der Waals surface area contributed by atoms with Crippen LogP contribution in [0.25, 0.3) is 22.0 Å². The molecule has 1 aliphatic rings. The Morgan fingerprint density at radius 3 is 2.76 bits per heavy atom. The molecule has 0 fully saturated rings. The molecular formula is C18H17N3O2S2. The zero-order valence-corrected chi connectivity index (χ0v) is 15.5. The van der Waals surface area contributed by atoms with Gasteiger partial charge in [0.2, 0.25) is 10.0 Å². The number of aromatic nitrogens is 2. The molecule has 0 amide bonds. The Labute approximate surface area is 151 Å². The second-order valence-corrected chi connectivity index (χ2v) is 8.93. The number of sulfonamides is 1. The third-order valence-electron chi connectivity index (χ3n) is 4.27. The Hall–Kier alpha value is -2.25. The van der Waals surface area contributed by atoms with Crippen LogP contribution in [0, 0.1) is 0 Å². The molecule has 1 aliphatic heterocycles. The van der Waals surface area contributed by atoms with Crippen LogP contribution >= 0.6 is 11.3 Å². The van der Waals surface area contributed by atoms with Crippen LogP contribution in [-0.2, 0) is 16.4 Å². The Balaban J connectivity index is 1.71. The number of benzene rings is 1. The van der Waals surface area contributed by atoms with Gasteiger partial charge in [-0.1, -0.05) is 12.1 Å². The molecule has 0 unspecified atom stereocenters. The number of hydrogen-bond acceptors (Lipinski definition) is 5. The molecule has 0 bridgehead atoms. The molecular weight excluding hydrogens is 354 g/mol. The third-order valence-corrected chi connectivity index (χ3v) is 6.41. The monoisotopic (exact) mass is 371 g/mol. The molecule has 0 saturated carbocycles. The highest BCUT2D eigenvalue weighted by Gasteiger charge is 2.32. The largest absolute Gasteiger partial charge is 0.267 e. The van der Waals surface area contributed by atoms with E-state index in [1.807, 2.05) is 48.7 Å². The van der Waals surface area contributed by atoms with Crippen molar-refractivity contribution in [1.29, 1.82) is 0 Å². The van der Waals surface area contributed by atoms with E-state index in [4.69, 9.17) is 0 Å². The lowest BCUT2D eigenvalue weighted by atomic mass is 10.1. The lowest BCUT2D eigenvalue weighted by Gasteiger charge is -2.21.